The molecule has 2 amide bonds. The van der Waals surface area contributed by atoms with Crippen molar-refractivity contribution in [3.8, 4) is 34.6 Å². The fraction of sp³-hybridized carbons (Fsp3) is 0.103. The van der Waals surface area contributed by atoms with Crippen LogP contribution in [0.15, 0.2) is 85.5 Å². The lowest BCUT2D eigenvalue weighted by Crippen LogP contribution is -2.21. The fourth-order valence-electron chi connectivity index (χ4n) is 4.24. The zero-order valence-corrected chi connectivity index (χ0v) is 23.1. The number of imidazole rings is 1. The van der Waals surface area contributed by atoms with Crippen LogP contribution in [0.3, 0.4) is 0 Å². The third-order valence-electron chi connectivity index (χ3n) is 6.33. The lowest BCUT2D eigenvalue weighted by atomic mass is 10.1. The molecule has 0 saturated carbocycles. The van der Waals surface area contributed by atoms with Crippen LogP contribution in [0.2, 0.25) is 0 Å². The molecule has 2 N–H and O–H groups in total. The molecule has 6 aromatic rings. The molecule has 0 aliphatic rings. The minimum Gasteiger partial charge on any atom is -0.480 e. The first kappa shape index (κ1) is 28.1. The summed E-state index contributed by atoms with van der Waals surface area (Å²) < 4.78 is 54.0. The van der Waals surface area contributed by atoms with Crippen molar-refractivity contribution in [2.75, 3.05) is 17.7 Å². The Hall–Kier alpha value is -5.99. The number of halogens is 3. The van der Waals surface area contributed by atoms with Gasteiger partial charge in [-0.05, 0) is 61.5 Å². The number of aromatic nitrogens is 7. The minimum absolute atomic E-state index is 0.0131. The first-order valence-electron chi connectivity index (χ1n) is 13.0. The van der Waals surface area contributed by atoms with Gasteiger partial charge in [-0.2, -0.15) is 18.3 Å². The van der Waals surface area contributed by atoms with E-state index in [1.165, 1.54) is 30.3 Å². The van der Waals surface area contributed by atoms with Gasteiger partial charge in [-0.25, -0.2) is 28.9 Å². The molecule has 0 spiro atoms. The molecule has 44 heavy (non-hydrogen) atoms. The topological polar surface area (TPSA) is 133 Å². The number of anilines is 2. The largest absolute Gasteiger partial charge is 0.480 e. The van der Waals surface area contributed by atoms with E-state index in [2.05, 4.69) is 35.8 Å². The Bertz CT molecular complexity index is 1950. The van der Waals surface area contributed by atoms with Gasteiger partial charge >= 0.3 is 18.2 Å². The van der Waals surface area contributed by atoms with E-state index < -0.39 is 17.8 Å². The summed E-state index contributed by atoms with van der Waals surface area (Å²) in [5.74, 6) is 0.909. The number of benzene rings is 2. The highest BCUT2D eigenvalue weighted by Gasteiger charge is 2.31. The molecule has 0 radical (unpaired) electrons. The van der Waals surface area contributed by atoms with Crippen LogP contribution in [-0.4, -0.2) is 47.5 Å². The van der Waals surface area contributed by atoms with Gasteiger partial charge in [-0.1, -0.05) is 0 Å². The fourth-order valence-corrected chi connectivity index (χ4v) is 4.24. The maximum Gasteiger partial charge on any atom is 0.416 e. The lowest BCUT2D eigenvalue weighted by molar-refractivity contribution is -0.137. The summed E-state index contributed by atoms with van der Waals surface area (Å²) in [5, 5.41) is 13.6. The monoisotopic (exact) mass is 601 g/mol. The van der Waals surface area contributed by atoms with Gasteiger partial charge in [0.2, 0.25) is 5.88 Å². The summed E-state index contributed by atoms with van der Waals surface area (Å²) in [5.41, 5.74) is 2.34. The minimum atomic E-state index is -4.60. The summed E-state index contributed by atoms with van der Waals surface area (Å²) in [7, 11) is 1.54. The number of nitrogens with one attached hydrogen (secondary N) is 2. The SMILES string of the molecule is COc1ccc2ncc(-c3ccc(Oc4ncc(NC(=O)Nc5cc(C(F)(F)F)ccc5-n5ccc(C)n5)cn4)cc3)n2n1. The van der Waals surface area contributed by atoms with Crippen molar-refractivity contribution < 1.29 is 27.4 Å². The molecule has 0 unspecified atom stereocenters. The Balaban J connectivity index is 1.12. The maximum absolute atomic E-state index is 13.4. The number of hydrogen-bond acceptors (Lipinski definition) is 8. The molecule has 2 aromatic carbocycles. The highest BCUT2D eigenvalue weighted by atomic mass is 19.4. The van der Waals surface area contributed by atoms with E-state index in [9.17, 15) is 18.0 Å². The first-order chi connectivity index (χ1) is 21.2. The lowest BCUT2D eigenvalue weighted by Gasteiger charge is -2.15. The van der Waals surface area contributed by atoms with E-state index in [0.717, 1.165) is 23.4 Å². The molecule has 15 heteroatoms. The van der Waals surface area contributed by atoms with Crippen LogP contribution in [-0.2, 0) is 6.18 Å². The van der Waals surface area contributed by atoms with Crippen LogP contribution in [0.25, 0.3) is 22.6 Å². The number of rotatable bonds is 7. The summed E-state index contributed by atoms with van der Waals surface area (Å²) in [6.45, 7) is 1.74. The molecule has 4 aromatic heterocycles. The van der Waals surface area contributed by atoms with E-state index in [1.807, 2.05) is 12.1 Å². The second-order valence-corrected chi connectivity index (χ2v) is 9.38. The van der Waals surface area contributed by atoms with Crippen LogP contribution >= 0.6 is 0 Å². The van der Waals surface area contributed by atoms with E-state index in [1.54, 1.807) is 54.2 Å². The highest BCUT2D eigenvalue weighted by molar-refractivity contribution is 6.00. The first-order valence-corrected chi connectivity index (χ1v) is 13.0. The third kappa shape index (κ3) is 5.97. The third-order valence-corrected chi connectivity index (χ3v) is 6.33. The Morgan fingerprint density at radius 1 is 0.886 bits per heavy atom. The summed E-state index contributed by atoms with van der Waals surface area (Å²) in [6.07, 6.45) is 1.29. The molecular weight excluding hydrogens is 579 g/mol. The van der Waals surface area contributed by atoms with Crippen molar-refractivity contribution in [2.45, 2.75) is 13.1 Å². The molecule has 12 nitrogen and oxygen atoms in total. The number of methoxy groups -OCH3 is 1. The van der Waals surface area contributed by atoms with E-state index >= 15 is 0 Å². The van der Waals surface area contributed by atoms with Crippen LogP contribution in [0.5, 0.6) is 17.6 Å². The number of amides is 2. The molecule has 0 fully saturated rings. The average molecular weight is 602 g/mol. The zero-order valence-electron chi connectivity index (χ0n) is 23.1. The van der Waals surface area contributed by atoms with Crippen LogP contribution in [0.1, 0.15) is 11.3 Å². The zero-order chi connectivity index (χ0) is 30.8. The molecule has 0 aliphatic carbocycles. The van der Waals surface area contributed by atoms with Crippen LogP contribution in [0.4, 0.5) is 29.3 Å². The van der Waals surface area contributed by atoms with Crippen molar-refractivity contribution in [2.24, 2.45) is 0 Å². The predicted molar refractivity (Wildman–Crippen MR) is 153 cm³/mol. The summed E-state index contributed by atoms with van der Waals surface area (Å²) in [6, 6.07) is 14.5. The standard InChI is InChI=1S/C29H22F3N9O3/c1-17-11-12-40(38-17)23-8-5-19(29(30,31)32)13-22(23)37-27(42)36-20-14-34-28(35-15-20)44-21-6-3-18(4-7-21)24-16-33-25-9-10-26(43-2)39-41(24)25/h3-16H,1-2H3,(H2,36,37,42). The average Bonchev–Trinajstić information content (AvgIpc) is 3.64. The summed E-state index contributed by atoms with van der Waals surface area (Å²) >= 11 is 0. The second-order valence-electron chi connectivity index (χ2n) is 9.38. The molecular formula is C29H22F3N9O3. The van der Waals surface area contributed by atoms with Crippen molar-refractivity contribution >= 4 is 23.1 Å². The van der Waals surface area contributed by atoms with Crippen molar-refractivity contribution in [3.63, 3.8) is 0 Å². The maximum atomic E-state index is 13.4. The number of carbonyl (C=O) groups is 1. The van der Waals surface area contributed by atoms with Gasteiger partial charge < -0.3 is 20.1 Å². The van der Waals surface area contributed by atoms with Crippen LogP contribution in [0, 0.1) is 6.92 Å². The Morgan fingerprint density at radius 2 is 1.66 bits per heavy atom. The molecule has 0 bridgehead atoms. The molecule has 0 saturated heterocycles. The number of ether oxygens (including phenoxy) is 2. The summed E-state index contributed by atoms with van der Waals surface area (Å²) in [4.78, 5) is 25.3. The number of fused-ring (bicyclic) bond motifs is 1. The molecule has 0 atom stereocenters. The van der Waals surface area contributed by atoms with E-state index in [-0.39, 0.29) is 23.1 Å². The van der Waals surface area contributed by atoms with E-state index in [4.69, 9.17) is 9.47 Å². The Morgan fingerprint density at radius 3 is 2.34 bits per heavy atom. The van der Waals surface area contributed by atoms with Gasteiger partial charge in [0.15, 0.2) is 5.65 Å². The van der Waals surface area contributed by atoms with Gasteiger partial charge in [0.25, 0.3) is 0 Å². The number of carbonyl (C=O) groups excluding carboxylic acids is 1. The van der Waals surface area contributed by atoms with Gasteiger partial charge in [0, 0.05) is 17.8 Å². The number of hydrogen-bond donors (Lipinski definition) is 2. The van der Waals surface area contributed by atoms with Crippen LogP contribution < -0.4 is 20.1 Å². The molecule has 4 heterocycles. The quantitative estimate of drug-likeness (QED) is 0.223. The number of urea groups is 1. The van der Waals surface area contributed by atoms with E-state index in [0.29, 0.717) is 23.0 Å². The van der Waals surface area contributed by atoms with Crippen molar-refractivity contribution in [1.29, 1.82) is 0 Å². The normalized spacial score (nSPS) is 11.4. The van der Waals surface area contributed by atoms with Crippen molar-refractivity contribution in [1.82, 2.24) is 34.3 Å². The van der Waals surface area contributed by atoms with Gasteiger partial charge in [0.1, 0.15) is 5.75 Å². The van der Waals surface area contributed by atoms with Gasteiger partial charge in [-0.3, -0.25) is 0 Å². The molecule has 6 rings (SSSR count). The van der Waals surface area contributed by atoms with Gasteiger partial charge in [0.05, 0.1) is 59.7 Å². The Labute approximate surface area is 247 Å². The molecule has 222 valence electrons. The number of alkyl halides is 3. The number of nitrogens with zero attached hydrogens (tertiary/aromatic N) is 7. The second kappa shape index (κ2) is 11.4. The molecule has 0 aliphatic heterocycles. The van der Waals surface area contributed by atoms with Crippen molar-refractivity contribution in [3.05, 3.63) is 96.7 Å². The Kier molecular flexibility index (Phi) is 7.26. The highest BCUT2D eigenvalue weighted by Crippen LogP contribution is 2.33. The van der Waals surface area contributed by atoms with Gasteiger partial charge in [-0.15, -0.1) is 5.10 Å². The number of aryl methyl sites for hydroxylation is 1. The smallest absolute Gasteiger partial charge is 0.416 e. The predicted octanol–water partition coefficient (Wildman–Crippen LogP) is 6.14.